The highest BCUT2D eigenvalue weighted by Crippen LogP contribution is 2.19. The van der Waals surface area contributed by atoms with Crippen LogP contribution in [-0.4, -0.2) is 12.4 Å². The van der Waals surface area contributed by atoms with Crippen molar-refractivity contribution in [1.82, 2.24) is 0 Å². The maximum Gasteiger partial charge on any atom is 0.200 e. The normalized spacial score (nSPS) is 10.6. The lowest BCUT2D eigenvalue weighted by Gasteiger charge is -2.08. The number of hydrogen-bond acceptors (Lipinski definition) is 2. The monoisotopic (exact) mass is 288 g/mol. The van der Waals surface area contributed by atoms with E-state index in [1.165, 1.54) is 5.56 Å². The van der Waals surface area contributed by atoms with Crippen molar-refractivity contribution in [3.63, 3.8) is 0 Å². The van der Waals surface area contributed by atoms with Crippen LogP contribution in [-0.2, 0) is 0 Å². The summed E-state index contributed by atoms with van der Waals surface area (Å²) < 4.78 is 5.50. The van der Waals surface area contributed by atoms with E-state index in [9.17, 15) is 4.79 Å². The van der Waals surface area contributed by atoms with Crippen molar-refractivity contribution < 1.29 is 9.53 Å². The molecule has 20 heavy (non-hydrogen) atoms. The number of ether oxygens (including phenoxy) is 1. The number of Topliss-reactive ketones (excluding diaryl/α,β-unsaturated/α-hetero) is 1. The first-order valence-corrected chi connectivity index (χ1v) is 6.95. The Labute approximate surface area is 124 Å². The second-order valence-corrected chi connectivity index (χ2v) is 5.38. The van der Waals surface area contributed by atoms with Crippen LogP contribution in [0.5, 0.6) is 5.75 Å². The summed E-state index contributed by atoms with van der Waals surface area (Å²) in [5.74, 6) is 1.10. The molecule has 2 aromatic carbocycles. The van der Waals surface area contributed by atoms with E-state index in [2.05, 4.69) is 13.8 Å². The molecule has 0 N–H and O–H groups in total. The Bertz CT molecular complexity index is 588. The third-order valence-electron chi connectivity index (χ3n) is 3.06. The first-order chi connectivity index (χ1) is 9.56. The highest BCUT2D eigenvalue weighted by atomic mass is 35.5. The molecule has 0 aromatic heterocycles. The molecule has 0 aliphatic carbocycles. The SMILES string of the molecule is CC(C)c1ccc(OCC(=O)c2cccc(Cl)c2)cc1. The molecule has 0 saturated carbocycles. The summed E-state index contributed by atoms with van der Waals surface area (Å²) in [5, 5.41) is 0.553. The van der Waals surface area contributed by atoms with Crippen LogP contribution in [0.2, 0.25) is 5.02 Å². The van der Waals surface area contributed by atoms with E-state index in [1.807, 2.05) is 24.3 Å². The quantitative estimate of drug-likeness (QED) is 0.744. The van der Waals surface area contributed by atoms with Crippen LogP contribution in [0.4, 0.5) is 0 Å². The van der Waals surface area contributed by atoms with Gasteiger partial charge in [0.15, 0.2) is 12.4 Å². The number of hydrogen-bond donors (Lipinski definition) is 0. The number of ketones is 1. The molecule has 0 unspecified atom stereocenters. The Hall–Kier alpha value is -1.80. The molecule has 2 nitrogen and oxygen atoms in total. The van der Waals surface area contributed by atoms with E-state index in [0.29, 0.717) is 22.3 Å². The minimum atomic E-state index is -0.0829. The van der Waals surface area contributed by atoms with Gasteiger partial charge in [-0.25, -0.2) is 0 Å². The van der Waals surface area contributed by atoms with Crippen LogP contribution in [0.15, 0.2) is 48.5 Å². The smallest absolute Gasteiger partial charge is 0.200 e. The van der Waals surface area contributed by atoms with Gasteiger partial charge in [0.05, 0.1) is 0 Å². The Morgan fingerprint density at radius 2 is 1.85 bits per heavy atom. The molecule has 3 heteroatoms. The fourth-order valence-electron chi connectivity index (χ4n) is 1.84. The number of halogens is 1. The minimum absolute atomic E-state index is 0.0152. The van der Waals surface area contributed by atoms with Gasteiger partial charge in [0.1, 0.15) is 5.75 Å². The van der Waals surface area contributed by atoms with Crippen LogP contribution in [0.1, 0.15) is 35.7 Å². The highest BCUT2D eigenvalue weighted by Gasteiger charge is 2.07. The lowest BCUT2D eigenvalue weighted by atomic mass is 10.0. The van der Waals surface area contributed by atoms with Gasteiger partial charge in [0.25, 0.3) is 0 Å². The second-order valence-electron chi connectivity index (χ2n) is 4.95. The molecule has 104 valence electrons. The molecular formula is C17H17ClO2. The van der Waals surface area contributed by atoms with Crippen molar-refractivity contribution in [3.8, 4) is 5.75 Å². The van der Waals surface area contributed by atoms with E-state index in [4.69, 9.17) is 16.3 Å². The van der Waals surface area contributed by atoms with Crippen LogP contribution < -0.4 is 4.74 Å². The summed E-state index contributed by atoms with van der Waals surface area (Å²) >= 11 is 5.86. The fraction of sp³-hybridized carbons (Fsp3) is 0.235. The third kappa shape index (κ3) is 3.84. The predicted octanol–water partition coefficient (Wildman–Crippen LogP) is 4.73. The summed E-state index contributed by atoms with van der Waals surface area (Å²) in [6.07, 6.45) is 0. The van der Waals surface area contributed by atoms with Gasteiger partial charge in [0, 0.05) is 10.6 Å². The Balaban J connectivity index is 1.96. The number of carbonyl (C=O) groups excluding carboxylic acids is 1. The average molecular weight is 289 g/mol. The zero-order valence-electron chi connectivity index (χ0n) is 11.6. The average Bonchev–Trinajstić information content (AvgIpc) is 2.45. The number of benzene rings is 2. The number of rotatable bonds is 5. The second kappa shape index (κ2) is 6.58. The van der Waals surface area contributed by atoms with Crippen molar-refractivity contribution in [2.24, 2.45) is 0 Å². The van der Waals surface area contributed by atoms with Crippen LogP contribution in [0, 0.1) is 0 Å². The van der Waals surface area contributed by atoms with E-state index in [1.54, 1.807) is 24.3 Å². The van der Waals surface area contributed by atoms with E-state index in [0.717, 1.165) is 0 Å². The topological polar surface area (TPSA) is 26.3 Å². The molecule has 2 aromatic rings. The van der Waals surface area contributed by atoms with Gasteiger partial charge in [-0.1, -0.05) is 49.7 Å². The van der Waals surface area contributed by atoms with Crippen LogP contribution in [0.25, 0.3) is 0 Å². The summed E-state index contributed by atoms with van der Waals surface area (Å²) in [6, 6.07) is 14.7. The molecule has 0 heterocycles. The lowest BCUT2D eigenvalue weighted by molar-refractivity contribution is 0.0921. The Morgan fingerprint density at radius 3 is 2.45 bits per heavy atom. The van der Waals surface area contributed by atoms with E-state index >= 15 is 0 Å². The van der Waals surface area contributed by atoms with Gasteiger partial charge in [-0.3, -0.25) is 4.79 Å². The van der Waals surface area contributed by atoms with Crippen molar-refractivity contribution in [3.05, 3.63) is 64.7 Å². The molecule has 0 aliphatic rings. The van der Waals surface area contributed by atoms with Crippen molar-refractivity contribution in [1.29, 1.82) is 0 Å². The van der Waals surface area contributed by atoms with Crippen molar-refractivity contribution in [2.45, 2.75) is 19.8 Å². The summed E-state index contributed by atoms with van der Waals surface area (Å²) in [5.41, 5.74) is 1.81. The van der Waals surface area contributed by atoms with Gasteiger partial charge in [0.2, 0.25) is 0 Å². The molecule has 0 bridgehead atoms. The zero-order chi connectivity index (χ0) is 14.5. The first kappa shape index (κ1) is 14.6. The van der Waals surface area contributed by atoms with Crippen molar-refractivity contribution >= 4 is 17.4 Å². The third-order valence-corrected chi connectivity index (χ3v) is 3.30. The molecule has 0 amide bonds. The summed E-state index contributed by atoms with van der Waals surface area (Å²) in [4.78, 5) is 12.0. The largest absolute Gasteiger partial charge is 0.485 e. The van der Waals surface area contributed by atoms with Gasteiger partial charge < -0.3 is 4.74 Å². The number of carbonyl (C=O) groups is 1. The molecule has 0 spiro atoms. The minimum Gasteiger partial charge on any atom is -0.485 e. The first-order valence-electron chi connectivity index (χ1n) is 6.58. The van der Waals surface area contributed by atoms with Gasteiger partial charge >= 0.3 is 0 Å². The Morgan fingerprint density at radius 1 is 1.15 bits per heavy atom. The van der Waals surface area contributed by atoms with Crippen molar-refractivity contribution in [2.75, 3.05) is 6.61 Å². The molecule has 0 radical (unpaired) electrons. The standard InChI is InChI=1S/C17H17ClO2/c1-12(2)13-6-8-16(9-7-13)20-11-17(19)14-4-3-5-15(18)10-14/h3-10,12H,11H2,1-2H3. The molecule has 0 saturated heterocycles. The Kier molecular flexibility index (Phi) is 4.80. The van der Waals surface area contributed by atoms with E-state index < -0.39 is 0 Å². The maximum atomic E-state index is 12.0. The highest BCUT2D eigenvalue weighted by molar-refractivity contribution is 6.31. The van der Waals surface area contributed by atoms with Gasteiger partial charge in [-0.2, -0.15) is 0 Å². The zero-order valence-corrected chi connectivity index (χ0v) is 12.4. The van der Waals surface area contributed by atoms with E-state index in [-0.39, 0.29) is 12.4 Å². The molecule has 2 rings (SSSR count). The van der Waals surface area contributed by atoms with Gasteiger partial charge in [-0.15, -0.1) is 0 Å². The van der Waals surface area contributed by atoms with Gasteiger partial charge in [-0.05, 0) is 35.7 Å². The fourth-order valence-corrected chi connectivity index (χ4v) is 2.03. The predicted molar refractivity (Wildman–Crippen MR) is 81.8 cm³/mol. The molecule has 0 atom stereocenters. The molecule has 0 fully saturated rings. The summed E-state index contributed by atoms with van der Waals surface area (Å²) in [6.45, 7) is 4.29. The van der Waals surface area contributed by atoms with Crippen LogP contribution in [0.3, 0.4) is 0 Å². The summed E-state index contributed by atoms with van der Waals surface area (Å²) in [7, 11) is 0. The van der Waals surface area contributed by atoms with Crippen LogP contribution >= 0.6 is 11.6 Å². The molecule has 0 aliphatic heterocycles. The maximum absolute atomic E-state index is 12.0. The molecular weight excluding hydrogens is 272 g/mol. The lowest BCUT2D eigenvalue weighted by Crippen LogP contribution is -2.11.